The molecule has 1 fully saturated rings. The predicted molar refractivity (Wildman–Crippen MR) is 345 cm³/mol. The van der Waals surface area contributed by atoms with Gasteiger partial charge in [-0.25, -0.2) is 4.79 Å². The number of alkyl halides is 1. The highest BCUT2D eigenvalue weighted by molar-refractivity contribution is 14.1. The van der Waals surface area contributed by atoms with Crippen LogP contribution in [0.15, 0.2) is 0 Å². The molecule has 1 heterocycles. The van der Waals surface area contributed by atoms with Gasteiger partial charge in [0.1, 0.15) is 35.5 Å². The number of halogens is 1. The number of aliphatic hydroxyl groups excluding tert-OH is 1. The summed E-state index contributed by atoms with van der Waals surface area (Å²) in [7, 11) is 6.39. The number of unbranched alkanes of at least 4 members (excludes halogenated alkanes) is 1. The van der Waals surface area contributed by atoms with Gasteiger partial charge in [-0.3, -0.25) is 52.8 Å². The molecule has 5 unspecified atom stereocenters. The lowest BCUT2D eigenvalue weighted by atomic mass is 9.89. The molecule has 1 aliphatic heterocycles. The maximum atomic E-state index is 14.6. The zero-order valence-corrected chi connectivity index (χ0v) is 58.2. The number of ether oxygens (including phenoxy) is 2. The topological polar surface area (TPSA) is 395 Å². The molecular weight excluding hydrogens is 1290 g/mol. The van der Waals surface area contributed by atoms with E-state index in [1.54, 1.807) is 16.8 Å². The Morgan fingerprint density at radius 3 is 1.84 bits per heavy atom. The number of hydrogen-bond acceptors (Lipinski definition) is 17. The normalized spacial score (nSPS) is 18.9. The number of rotatable bonds is 43. The Labute approximate surface area is 544 Å². The van der Waals surface area contributed by atoms with Crippen LogP contribution in [0.5, 0.6) is 0 Å². The van der Waals surface area contributed by atoms with Crippen LogP contribution in [-0.2, 0) is 62.2 Å². The summed E-state index contributed by atoms with van der Waals surface area (Å²) in [5, 5.41) is 53.8. The lowest BCUT2D eigenvalue weighted by molar-refractivity contribution is -0.148. The molecule has 0 aromatic rings. The first-order valence-corrected chi connectivity index (χ1v) is 33.0. The highest BCUT2D eigenvalue weighted by Gasteiger charge is 2.45. The molecule has 89 heavy (non-hydrogen) atoms. The molecule has 0 saturated carbocycles. The van der Waals surface area contributed by atoms with Crippen LogP contribution in [0.3, 0.4) is 0 Å². The quantitative estimate of drug-likeness (QED) is 0.0308. The number of aliphatic carboxylic acids is 3. The molecular formula is C60H107IN10O17S. The van der Waals surface area contributed by atoms with Crippen molar-refractivity contribution in [3.63, 3.8) is 0 Å². The minimum atomic E-state index is -1.91. The Bertz CT molecular complexity index is 2340. The second-order valence-corrected chi connectivity index (χ2v) is 29.4. The molecule has 0 radical (unpaired) electrons. The minimum Gasteiger partial charge on any atom is -0.481 e. The smallest absolute Gasteiger partial charge is 0.328 e. The number of nitrogens with one attached hydrogen (secondary N) is 6. The van der Waals surface area contributed by atoms with Crippen LogP contribution < -0.4 is 37.6 Å². The number of carbonyl (C=O) groups excluding carboxylic acids is 8. The Morgan fingerprint density at radius 2 is 1.35 bits per heavy atom. The maximum Gasteiger partial charge on any atom is 0.328 e. The summed E-state index contributed by atoms with van der Waals surface area (Å²) >= 11 is 3.22. The van der Waals surface area contributed by atoms with Crippen molar-refractivity contribution in [3.8, 4) is 0 Å². The van der Waals surface area contributed by atoms with Crippen molar-refractivity contribution in [2.24, 2.45) is 35.3 Å². The Balaban J connectivity index is 3.34. The third kappa shape index (κ3) is 26.7. The highest BCUT2D eigenvalue weighted by atomic mass is 127. The largest absolute Gasteiger partial charge is 0.481 e. The van der Waals surface area contributed by atoms with Crippen molar-refractivity contribution in [1.29, 1.82) is 0 Å². The molecule has 1 saturated heterocycles. The van der Waals surface area contributed by atoms with Gasteiger partial charge < -0.3 is 77.3 Å². The molecule has 0 aliphatic carbocycles. The van der Waals surface area contributed by atoms with Crippen LogP contribution in [0.1, 0.15) is 154 Å². The van der Waals surface area contributed by atoms with Crippen molar-refractivity contribution in [2.75, 3.05) is 54.5 Å². The molecule has 0 bridgehead atoms. The van der Waals surface area contributed by atoms with E-state index in [0.717, 1.165) is 31.0 Å². The van der Waals surface area contributed by atoms with Crippen LogP contribution in [0.4, 0.5) is 0 Å². The van der Waals surface area contributed by atoms with Crippen molar-refractivity contribution in [2.45, 2.75) is 228 Å². The number of carbonyl (C=O) groups is 11. The van der Waals surface area contributed by atoms with Crippen LogP contribution in [0.2, 0.25) is 0 Å². The number of aliphatic hydroxyl groups is 1. The van der Waals surface area contributed by atoms with E-state index in [0.29, 0.717) is 38.1 Å². The van der Waals surface area contributed by atoms with Crippen LogP contribution >= 0.6 is 34.4 Å². The van der Waals surface area contributed by atoms with E-state index in [4.69, 9.17) is 15.2 Å². The predicted octanol–water partition coefficient (Wildman–Crippen LogP) is 2.31. The fourth-order valence-electron chi connectivity index (χ4n) is 11.0. The lowest BCUT2D eigenvalue weighted by Gasteiger charge is -2.41. The fraction of sp³-hybridized carbons (Fsp3) is 0.817. The second kappa shape index (κ2) is 40.1. The van der Waals surface area contributed by atoms with Gasteiger partial charge in [-0.2, -0.15) is 0 Å². The third-order valence-electron chi connectivity index (χ3n) is 16.5. The summed E-state index contributed by atoms with van der Waals surface area (Å²) in [6.07, 6.45) is -0.553. The van der Waals surface area contributed by atoms with Gasteiger partial charge in [-0.05, 0) is 70.3 Å². The Kier molecular flexibility index (Phi) is 37.0. The van der Waals surface area contributed by atoms with Crippen molar-refractivity contribution >= 4 is 99.5 Å². The number of amides is 8. The number of likely N-dealkylation sites (tertiary alicyclic amines) is 1. The number of hydrogen-bond donors (Lipinski definition) is 11. The van der Waals surface area contributed by atoms with Crippen LogP contribution in [0.25, 0.3) is 0 Å². The molecule has 29 heteroatoms. The number of nitrogens with two attached hydrogens (primary N) is 1. The van der Waals surface area contributed by atoms with Gasteiger partial charge >= 0.3 is 17.9 Å². The maximum absolute atomic E-state index is 14.6. The highest BCUT2D eigenvalue weighted by Crippen LogP contribution is 2.41. The first-order valence-electron chi connectivity index (χ1n) is 31.0. The minimum absolute atomic E-state index is 0.0459. The van der Waals surface area contributed by atoms with Crippen molar-refractivity contribution in [3.05, 3.63) is 0 Å². The first kappa shape index (κ1) is 82.1. The van der Waals surface area contributed by atoms with Gasteiger partial charge in [0.05, 0.1) is 51.5 Å². The van der Waals surface area contributed by atoms with E-state index in [2.05, 4.69) is 68.3 Å². The second-order valence-electron chi connectivity index (χ2n) is 24.5. The summed E-state index contributed by atoms with van der Waals surface area (Å²) < 4.78 is 11.5. The van der Waals surface area contributed by atoms with Crippen molar-refractivity contribution < 1.29 is 82.6 Å². The van der Waals surface area contributed by atoms with Gasteiger partial charge in [-0.15, -0.1) is 11.8 Å². The molecule has 16 atom stereocenters. The molecule has 0 aromatic carbocycles. The zero-order valence-electron chi connectivity index (χ0n) is 55.2. The van der Waals surface area contributed by atoms with Gasteiger partial charge in [0.2, 0.25) is 47.3 Å². The summed E-state index contributed by atoms with van der Waals surface area (Å²) in [4.78, 5) is 153. The number of nitrogens with zero attached hydrogens (tertiary/aromatic N) is 3. The van der Waals surface area contributed by atoms with Crippen molar-refractivity contribution in [1.82, 2.24) is 46.6 Å². The molecule has 1 rings (SSSR count). The molecule has 512 valence electrons. The standard InChI is InChI=1S/C60H107IN10O17S/c1-17-20-25-60(12,61)89-43(59(85)86)28-44(73)64-39(29-62)53(78)63-30-40(58(83)84)66-54(79)38(23-24-46(75)76)65-55(80)48(37(11)72)68-52(77)36(10)51(88-16)41-22-21-26-71(41)45(74)27-42(87-15)50(35(9)19-3)70(14)57(82)47(32(4)5)67-56(81)49(33(6)7)69(13)31-34(8)18-2/h32-43,47-51,72H,17-31,62H2,1-16H3,(H,63,78)(H,64,73)(H,65,80)(H,66,79)(H,67,81)(H,68,77)(H,75,76)(H,83,84)(H,85,86)/t34?,35-,36+,37?,38-,39-,40-,41-,42+,43?,47-,48-,49-,50-,51?,60?/m0/s1. The SMILES string of the molecule is CCCCC(C)(I)SC(CC(=O)N[C@@H](CN)C(=O)NC[C@H](NC(=O)[C@H](CCC(=O)O)NC(=O)[C@@H](NC(=O)[C@H](C)C(OC)[C@@H]1CCCN1C(=O)C[C@@H](OC)[C@H]([C@@H](C)CC)N(C)C(=O)[C@@H](NC(=O)[C@H](C(C)C)N(C)CC(C)CC)C(C)C)C(C)O)C(=O)O)C(=O)O. The van der Waals surface area contributed by atoms with E-state index < -0.39 is 160 Å². The number of thioether (sulfide) groups is 1. The monoisotopic (exact) mass is 1400 g/mol. The van der Waals surface area contributed by atoms with E-state index in [1.807, 2.05) is 67.3 Å². The molecule has 12 N–H and O–H groups in total. The lowest BCUT2D eigenvalue weighted by Crippen LogP contribution is -2.61. The van der Waals surface area contributed by atoms with E-state index in [9.17, 15) is 73.2 Å². The molecule has 27 nitrogen and oxygen atoms in total. The van der Waals surface area contributed by atoms with E-state index in [1.165, 1.54) is 28.1 Å². The van der Waals surface area contributed by atoms with Gasteiger partial charge in [0.25, 0.3) is 0 Å². The van der Waals surface area contributed by atoms with E-state index >= 15 is 0 Å². The summed E-state index contributed by atoms with van der Waals surface area (Å²) in [5.74, 6) is -11.5. The number of methoxy groups -OCH3 is 2. The fourth-order valence-corrected chi connectivity index (χ4v) is 13.5. The Hall–Kier alpha value is -4.95. The first-order chi connectivity index (χ1) is 41.5. The molecule has 0 aromatic heterocycles. The third-order valence-corrected chi connectivity index (χ3v) is 19.1. The van der Waals surface area contributed by atoms with Gasteiger partial charge in [-0.1, -0.05) is 118 Å². The summed E-state index contributed by atoms with van der Waals surface area (Å²) in [6, 6.07) is -9.60. The van der Waals surface area contributed by atoms with Crippen LogP contribution in [-0.4, -0.2) is 229 Å². The molecule has 0 spiro atoms. The van der Waals surface area contributed by atoms with Crippen LogP contribution in [0, 0.1) is 29.6 Å². The average Bonchev–Trinajstić information content (AvgIpc) is 2.66. The summed E-state index contributed by atoms with van der Waals surface area (Å²) in [5.41, 5.74) is 5.76. The number of carboxylic acid groups (broad SMARTS) is 3. The average molecular weight is 1400 g/mol. The van der Waals surface area contributed by atoms with E-state index in [-0.39, 0.29) is 48.4 Å². The van der Waals surface area contributed by atoms with Gasteiger partial charge in [0.15, 0.2) is 0 Å². The zero-order chi connectivity index (χ0) is 68.4. The van der Waals surface area contributed by atoms with Gasteiger partial charge in [0, 0.05) is 60.3 Å². The Morgan fingerprint density at radius 1 is 0.742 bits per heavy atom. The number of carboxylic acids is 3. The number of likely N-dealkylation sites (N-methyl/N-ethyl adjacent to an activating group) is 2. The molecule has 1 aliphatic rings. The molecule has 8 amide bonds. The summed E-state index contributed by atoms with van der Waals surface area (Å²) in [6.45, 7) is 22.0.